The van der Waals surface area contributed by atoms with Gasteiger partial charge in [-0.25, -0.2) is 0 Å². The van der Waals surface area contributed by atoms with Crippen LogP contribution >= 0.6 is 0 Å². The number of hydrogen-bond acceptors (Lipinski definition) is 1. The van der Waals surface area contributed by atoms with Gasteiger partial charge >= 0.3 is 0 Å². The van der Waals surface area contributed by atoms with E-state index in [9.17, 15) is 4.79 Å². The van der Waals surface area contributed by atoms with Crippen LogP contribution in [0.5, 0.6) is 0 Å². The molecule has 0 atom stereocenters. The van der Waals surface area contributed by atoms with Crippen molar-refractivity contribution in [2.24, 2.45) is 0 Å². The van der Waals surface area contributed by atoms with E-state index in [1.807, 2.05) is 72.8 Å². The van der Waals surface area contributed by atoms with Crippen LogP contribution in [-0.4, -0.2) is 10.5 Å². The molecule has 3 nitrogen and oxygen atoms in total. The van der Waals surface area contributed by atoms with Gasteiger partial charge in [0.25, 0.3) is 5.91 Å². The number of rotatable bonds is 5. The van der Waals surface area contributed by atoms with Crippen LogP contribution in [0.4, 0.5) is 0 Å². The lowest BCUT2D eigenvalue weighted by Crippen LogP contribution is -2.25. The summed E-state index contributed by atoms with van der Waals surface area (Å²) in [5.41, 5.74) is 4.02. The highest BCUT2D eigenvalue weighted by molar-refractivity contribution is 5.98. The number of nitrogens with zero attached hydrogens (tertiary/aromatic N) is 1. The molecule has 1 amide bonds. The normalized spacial score (nSPS) is 10.8. The molecule has 26 heavy (non-hydrogen) atoms. The Morgan fingerprint density at radius 3 is 2.12 bits per heavy atom. The van der Waals surface area contributed by atoms with Crippen LogP contribution in [0.3, 0.4) is 0 Å². The van der Waals surface area contributed by atoms with E-state index in [0.717, 1.165) is 16.5 Å². The summed E-state index contributed by atoms with van der Waals surface area (Å²) in [6.07, 6.45) is 0. The van der Waals surface area contributed by atoms with E-state index in [2.05, 4.69) is 28.1 Å². The zero-order chi connectivity index (χ0) is 17.8. The summed E-state index contributed by atoms with van der Waals surface area (Å²) in [4.78, 5) is 12.9. The Morgan fingerprint density at radius 1 is 0.769 bits per heavy atom. The van der Waals surface area contributed by atoms with Gasteiger partial charge in [-0.1, -0.05) is 78.9 Å². The van der Waals surface area contributed by atoms with Crippen molar-refractivity contribution >= 4 is 16.8 Å². The number of benzene rings is 3. The van der Waals surface area contributed by atoms with Gasteiger partial charge in [-0.05, 0) is 23.3 Å². The van der Waals surface area contributed by atoms with Gasteiger partial charge in [-0.2, -0.15) is 0 Å². The van der Waals surface area contributed by atoms with Gasteiger partial charge in [0.1, 0.15) is 5.69 Å². The molecule has 4 rings (SSSR count). The summed E-state index contributed by atoms with van der Waals surface area (Å²) < 4.78 is 2.09. The van der Waals surface area contributed by atoms with E-state index in [1.165, 1.54) is 5.56 Å². The molecule has 0 bridgehead atoms. The molecule has 4 aromatic rings. The van der Waals surface area contributed by atoms with Gasteiger partial charge in [0.15, 0.2) is 0 Å². The summed E-state index contributed by atoms with van der Waals surface area (Å²) in [7, 11) is 0. The number of para-hydroxylation sites is 1. The number of nitrogens with one attached hydrogen (secondary N) is 1. The maximum atomic E-state index is 12.9. The maximum absolute atomic E-state index is 12.9. The highest BCUT2D eigenvalue weighted by Crippen LogP contribution is 2.21. The fourth-order valence-corrected chi connectivity index (χ4v) is 3.20. The van der Waals surface area contributed by atoms with Gasteiger partial charge in [-0.15, -0.1) is 0 Å². The van der Waals surface area contributed by atoms with E-state index in [4.69, 9.17) is 0 Å². The molecule has 0 saturated carbocycles. The lowest BCUT2D eigenvalue weighted by atomic mass is 10.2. The fraction of sp³-hybridized carbons (Fsp3) is 0.0870. The molecule has 3 heteroatoms. The Bertz CT molecular complexity index is 1020. The molecule has 128 valence electrons. The van der Waals surface area contributed by atoms with Crippen molar-refractivity contribution in [3.8, 4) is 0 Å². The quantitative estimate of drug-likeness (QED) is 0.565. The number of fused-ring (bicyclic) bond motifs is 1. The van der Waals surface area contributed by atoms with E-state index in [-0.39, 0.29) is 5.91 Å². The lowest BCUT2D eigenvalue weighted by molar-refractivity contribution is 0.0942. The SMILES string of the molecule is O=C(NCc1ccccc1)c1cc2ccccc2n1Cc1ccccc1. The monoisotopic (exact) mass is 340 g/mol. The fourth-order valence-electron chi connectivity index (χ4n) is 3.20. The third-order valence-electron chi connectivity index (χ3n) is 4.52. The Balaban J connectivity index is 1.65. The molecule has 0 unspecified atom stereocenters. The van der Waals surface area contributed by atoms with Crippen LogP contribution in [0.25, 0.3) is 10.9 Å². The minimum Gasteiger partial charge on any atom is -0.347 e. The second-order valence-corrected chi connectivity index (χ2v) is 6.33. The molecule has 0 fully saturated rings. The predicted octanol–water partition coefficient (Wildman–Crippen LogP) is 4.62. The first-order valence-electron chi connectivity index (χ1n) is 8.75. The minimum absolute atomic E-state index is 0.0546. The van der Waals surface area contributed by atoms with Crippen molar-refractivity contribution in [2.75, 3.05) is 0 Å². The van der Waals surface area contributed by atoms with E-state index < -0.39 is 0 Å². The van der Waals surface area contributed by atoms with Crippen molar-refractivity contribution < 1.29 is 4.79 Å². The second kappa shape index (κ2) is 7.28. The molecule has 1 N–H and O–H groups in total. The van der Waals surface area contributed by atoms with Crippen LogP contribution < -0.4 is 5.32 Å². The van der Waals surface area contributed by atoms with Crippen LogP contribution in [-0.2, 0) is 13.1 Å². The summed E-state index contributed by atoms with van der Waals surface area (Å²) in [6, 6.07) is 30.3. The smallest absolute Gasteiger partial charge is 0.268 e. The standard InChI is InChI=1S/C23H20N2O/c26-23(24-16-18-9-3-1-4-10-18)22-15-20-13-7-8-14-21(20)25(22)17-19-11-5-2-6-12-19/h1-15H,16-17H2,(H,24,26). The van der Waals surface area contributed by atoms with Gasteiger partial charge in [0.05, 0.1) is 0 Å². The van der Waals surface area contributed by atoms with Crippen molar-refractivity contribution in [1.82, 2.24) is 9.88 Å². The van der Waals surface area contributed by atoms with Gasteiger partial charge < -0.3 is 9.88 Å². The molecule has 0 aliphatic rings. The van der Waals surface area contributed by atoms with Crippen molar-refractivity contribution in [2.45, 2.75) is 13.1 Å². The first-order chi connectivity index (χ1) is 12.8. The zero-order valence-corrected chi connectivity index (χ0v) is 14.4. The van der Waals surface area contributed by atoms with Gasteiger partial charge in [0.2, 0.25) is 0 Å². The van der Waals surface area contributed by atoms with Crippen molar-refractivity contribution in [3.63, 3.8) is 0 Å². The highest BCUT2D eigenvalue weighted by atomic mass is 16.1. The largest absolute Gasteiger partial charge is 0.347 e. The lowest BCUT2D eigenvalue weighted by Gasteiger charge is -2.11. The number of aromatic nitrogens is 1. The van der Waals surface area contributed by atoms with Gasteiger partial charge in [0, 0.05) is 24.0 Å². The Kier molecular flexibility index (Phi) is 4.52. The minimum atomic E-state index is -0.0546. The average molecular weight is 340 g/mol. The topological polar surface area (TPSA) is 34.0 Å². The third kappa shape index (κ3) is 3.38. The van der Waals surface area contributed by atoms with Crippen molar-refractivity contribution in [1.29, 1.82) is 0 Å². The van der Waals surface area contributed by atoms with Crippen LogP contribution in [0.15, 0.2) is 91.0 Å². The summed E-state index contributed by atoms with van der Waals surface area (Å²) in [5, 5.41) is 4.12. The molecule has 0 radical (unpaired) electrons. The molecule has 0 aliphatic heterocycles. The molecule has 1 heterocycles. The summed E-state index contributed by atoms with van der Waals surface area (Å²) >= 11 is 0. The Hall–Kier alpha value is -3.33. The molecule has 3 aromatic carbocycles. The molecule has 0 saturated heterocycles. The average Bonchev–Trinajstić information content (AvgIpc) is 3.06. The van der Waals surface area contributed by atoms with E-state index in [0.29, 0.717) is 18.8 Å². The zero-order valence-electron chi connectivity index (χ0n) is 14.4. The van der Waals surface area contributed by atoms with Crippen LogP contribution in [0.2, 0.25) is 0 Å². The molecule has 0 spiro atoms. The molecule has 1 aromatic heterocycles. The highest BCUT2D eigenvalue weighted by Gasteiger charge is 2.15. The summed E-state index contributed by atoms with van der Waals surface area (Å²) in [5.74, 6) is -0.0546. The molecule has 0 aliphatic carbocycles. The first kappa shape index (κ1) is 16.2. The molecular formula is C23H20N2O. The van der Waals surface area contributed by atoms with Crippen LogP contribution in [0.1, 0.15) is 21.6 Å². The number of carbonyl (C=O) groups excluding carboxylic acids is 1. The van der Waals surface area contributed by atoms with Crippen molar-refractivity contribution in [3.05, 3.63) is 108 Å². The van der Waals surface area contributed by atoms with Gasteiger partial charge in [-0.3, -0.25) is 4.79 Å². The van der Waals surface area contributed by atoms with E-state index in [1.54, 1.807) is 0 Å². The third-order valence-corrected chi connectivity index (χ3v) is 4.52. The van der Waals surface area contributed by atoms with Crippen LogP contribution in [0, 0.1) is 0 Å². The Morgan fingerprint density at radius 2 is 1.38 bits per heavy atom. The summed E-state index contributed by atoms with van der Waals surface area (Å²) in [6.45, 7) is 1.19. The Labute approximate surface area is 152 Å². The second-order valence-electron chi connectivity index (χ2n) is 6.33. The maximum Gasteiger partial charge on any atom is 0.268 e. The number of amides is 1. The predicted molar refractivity (Wildman–Crippen MR) is 105 cm³/mol. The first-order valence-corrected chi connectivity index (χ1v) is 8.75. The van der Waals surface area contributed by atoms with E-state index >= 15 is 0 Å². The number of hydrogen-bond donors (Lipinski definition) is 1. The number of carbonyl (C=O) groups is 1. The molecular weight excluding hydrogens is 320 g/mol.